The van der Waals surface area contributed by atoms with Crippen LogP contribution in [0.2, 0.25) is 0 Å². The summed E-state index contributed by atoms with van der Waals surface area (Å²) in [5.74, 6) is -2.02. The molecule has 1 aromatic rings. The monoisotopic (exact) mass is 204 g/mol. The van der Waals surface area contributed by atoms with Crippen LogP contribution >= 0.6 is 0 Å². The van der Waals surface area contributed by atoms with E-state index in [9.17, 15) is 18.9 Å². The lowest BCUT2D eigenvalue weighted by molar-refractivity contribution is -0.390. The van der Waals surface area contributed by atoms with Crippen molar-refractivity contribution in [3.8, 4) is 5.75 Å². The van der Waals surface area contributed by atoms with E-state index in [4.69, 9.17) is 5.11 Å². The first-order valence-corrected chi connectivity index (χ1v) is 3.56. The Kier molecular flexibility index (Phi) is 2.59. The second-order valence-corrected chi connectivity index (χ2v) is 2.58. The molecule has 0 aromatic carbocycles. The zero-order valence-electron chi connectivity index (χ0n) is 7.07. The minimum absolute atomic E-state index is 0.0600. The summed E-state index contributed by atoms with van der Waals surface area (Å²) in [7, 11) is 0. The van der Waals surface area contributed by atoms with Crippen molar-refractivity contribution in [2.45, 2.75) is 13.3 Å². The first-order chi connectivity index (χ1) is 6.43. The van der Waals surface area contributed by atoms with Gasteiger partial charge in [-0.25, -0.2) is 8.78 Å². The highest BCUT2D eigenvalue weighted by molar-refractivity contribution is 5.46. The van der Waals surface area contributed by atoms with Crippen LogP contribution in [0.5, 0.6) is 5.75 Å². The Morgan fingerprint density at radius 2 is 2.21 bits per heavy atom. The van der Waals surface area contributed by atoms with E-state index < -0.39 is 28.5 Å². The van der Waals surface area contributed by atoms with Crippen LogP contribution < -0.4 is 0 Å². The molecule has 0 fully saturated rings. The quantitative estimate of drug-likeness (QED) is 0.589. The average molecular weight is 204 g/mol. The van der Waals surface area contributed by atoms with Gasteiger partial charge >= 0.3 is 5.82 Å². The molecule has 0 aliphatic heterocycles. The van der Waals surface area contributed by atoms with Gasteiger partial charge in [0.05, 0.1) is 5.56 Å². The molecular weight excluding hydrogens is 198 g/mol. The molecular formula is C7H6F2N2O3. The average Bonchev–Trinajstić information content (AvgIpc) is 2.07. The third-order valence-electron chi connectivity index (χ3n) is 1.54. The van der Waals surface area contributed by atoms with Crippen molar-refractivity contribution in [3.05, 3.63) is 27.4 Å². The van der Waals surface area contributed by atoms with Crippen molar-refractivity contribution in [2.75, 3.05) is 0 Å². The summed E-state index contributed by atoms with van der Waals surface area (Å²) in [5, 5.41) is 19.4. The number of halogens is 2. The fourth-order valence-corrected chi connectivity index (χ4v) is 0.968. The second-order valence-electron chi connectivity index (χ2n) is 2.58. The fourth-order valence-electron chi connectivity index (χ4n) is 0.968. The number of alkyl halides is 2. The third-order valence-corrected chi connectivity index (χ3v) is 1.54. The molecule has 0 spiro atoms. The highest BCUT2D eigenvalue weighted by atomic mass is 19.3. The Morgan fingerprint density at radius 3 is 2.64 bits per heavy atom. The molecule has 0 unspecified atom stereocenters. The lowest BCUT2D eigenvalue weighted by Crippen LogP contribution is -1.98. The highest BCUT2D eigenvalue weighted by Crippen LogP contribution is 2.34. The van der Waals surface area contributed by atoms with Crippen LogP contribution in [-0.2, 0) is 0 Å². The summed E-state index contributed by atoms with van der Waals surface area (Å²) in [6.07, 6.45) is -2.96. The van der Waals surface area contributed by atoms with Gasteiger partial charge in [0.2, 0.25) is 5.75 Å². The van der Waals surface area contributed by atoms with Crippen LogP contribution in [0.4, 0.5) is 14.6 Å². The van der Waals surface area contributed by atoms with Crippen molar-refractivity contribution < 1.29 is 18.8 Å². The summed E-state index contributed by atoms with van der Waals surface area (Å²) in [6.45, 7) is 1.33. The van der Waals surface area contributed by atoms with Gasteiger partial charge in [-0.1, -0.05) is 0 Å². The summed E-state index contributed by atoms with van der Waals surface area (Å²) in [4.78, 5) is 12.6. The molecule has 14 heavy (non-hydrogen) atoms. The molecule has 0 atom stereocenters. The number of nitrogens with zero attached hydrogens (tertiary/aromatic N) is 2. The van der Waals surface area contributed by atoms with Gasteiger partial charge in [0.25, 0.3) is 6.43 Å². The number of hydrogen-bond donors (Lipinski definition) is 1. The van der Waals surface area contributed by atoms with E-state index in [-0.39, 0.29) is 5.69 Å². The number of pyridine rings is 1. The van der Waals surface area contributed by atoms with Crippen LogP contribution in [0.3, 0.4) is 0 Å². The predicted molar refractivity (Wildman–Crippen MR) is 42.3 cm³/mol. The SMILES string of the molecule is Cc1cc(C(F)F)c(O)c([N+](=O)[O-])n1. The zero-order valence-corrected chi connectivity index (χ0v) is 7.07. The van der Waals surface area contributed by atoms with Crippen LogP contribution in [0, 0.1) is 17.0 Å². The lowest BCUT2D eigenvalue weighted by atomic mass is 10.2. The minimum Gasteiger partial charge on any atom is -0.501 e. The predicted octanol–water partition coefficient (Wildman–Crippen LogP) is 1.94. The van der Waals surface area contributed by atoms with Gasteiger partial charge in [-0.15, -0.1) is 0 Å². The van der Waals surface area contributed by atoms with Crippen molar-refractivity contribution in [2.24, 2.45) is 0 Å². The fraction of sp³-hybridized carbons (Fsp3) is 0.286. The van der Waals surface area contributed by atoms with E-state index in [0.29, 0.717) is 0 Å². The second kappa shape index (κ2) is 3.52. The lowest BCUT2D eigenvalue weighted by Gasteiger charge is -2.03. The first kappa shape index (κ1) is 10.3. The molecule has 0 saturated carbocycles. The summed E-state index contributed by atoms with van der Waals surface area (Å²) >= 11 is 0. The van der Waals surface area contributed by atoms with Gasteiger partial charge < -0.3 is 15.2 Å². The Morgan fingerprint density at radius 1 is 1.64 bits per heavy atom. The summed E-state index contributed by atoms with van der Waals surface area (Å²) < 4.78 is 24.5. The Balaban J connectivity index is 3.40. The maximum Gasteiger partial charge on any atom is 0.406 e. The number of hydrogen-bond acceptors (Lipinski definition) is 4. The van der Waals surface area contributed by atoms with Crippen LogP contribution in [0.1, 0.15) is 17.7 Å². The molecule has 1 aromatic heterocycles. The third kappa shape index (κ3) is 1.76. The van der Waals surface area contributed by atoms with Gasteiger partial charge in [0, 0.05) is 6.92 Å². The van der Waals surface area contributed by atoms with Gasteiger partial charge in [0.1, 0.15) is 0 Å². The Bertz CT molecular complexity index is 381. The summed E-state index contributed by atoms with van der Waals surface area (Å²) in [5.41, 5.74) is -0.714. The number of rotatable bonds is 2. The molecule has 1 rings (SSSR count). The number of nitro groups is 1. The maximum absolute atomic E-state index is 12.2. The zero-order chi connectivity index (χ0) is 10.9. The first-order valence-electron chi connectivity index (χ1n) is 3.56. The number of aryl methyl sites for hydroxylation is 1. The van der Waals surface area contributed by atoms with Gasteiger partial charge in [0.15, 0.2) is 5.69 Å². The molecule has 5 nitrogen and oxygen atoms in total. The van der Waals surface area contributed by atoms with E-state index in [2.05, 4.69) is 4.98 Å². The Labute approximate surface area is 77.2 Å². The molecule has 0 saturated heterocycles. The highest BCUT2D eigenvalue weighted by Gasteiger charge is 2.25. The molecule has 1 N–H and O–H groups in total. The Hall–Kier alpha value is -1.79. The molecule has 0 aliphatic carbocycles. The minimum atomic E-state index is -2.96. The van der Waals surface area contributed by atoms with E-state index >= 15 is 0 Å². The molecule has 7 heteroatoms. The van der Waals surface area contributed by atoms with E-state index in [1.54, 1.807) is 0 Å². The topological polar surface area (TPSA) is 76.3 Å². The van der Waals surface area contributed by atoms with Gasteiger partial charge in [-0.05, 0) is 16.0 Å². The van der Waals surface area contributed by atoms with Crippen molar-refractivity contribution in [3.63, 3.8) is 0 Å². The standard InChI is InChI=1S/C7H6F2N2O3/c1-3-2-4(6(8)9)5(12)7(10-3)11(13)14/h2,6,12H,1H3. The molecule has 0 aliphatic rings. The van der Waals surface area contributed by atoms with Gasteiger partial charge in [-0.2, -0.15) is 0 Å². The van der Waals surface area contributed by atoms with Crippen molar-refractivity contribution >= 4 is 5.82 Å². The van der Waals surface area contributed by atoms with Crippen LogP contribution in [0.15, 0.2) is 6.07 Å². The smallest absolute Gasteiger partial charge is 0.406 e. The molecule has 76 valence electrons. The summed E-state index contributed by atoms with van der Waals surface area (Å²) in [6, 6.07) is 0.910. The maximum atomic E-state index is 12.2. The van der Waals surface area contributed by atoms with Gasteiger partial charge in [-0.3, -0.25) is 0 Å². The number of aromatic nitrogens is 1. The van der Waals surface area contributed by atoms with Crippen molar-refractivity contribution in [1.82, 2.24) is 4.98 Å². The van der Waals surface area contributed by atoms with E-state index in [0.717, 1.165) is 6.07 Å². The van der Waals surface area contributed by atoms with E-state index in [1.165, 1.54) is 6.92 Å². The van der Waals surface area contributed by atoms with Crippen LogP contribution in [-0.4, -0.2) is 15.0 Å². The molecule has 0 radical (unpaired) electrons. The molecule has 0 bridgehead atoms. The molecule has 1 heterocycles. The van der Waals surface area contributed by atoms with Crippen LogP contribution in [0.25, 0.3) is 0 Å². The molecule has 0 amide bonds. The van der Waals surface area contributed by atoms with E-state index in [1.807, 2.05) is 0 Å². The normalized spacial score (nSPS) is 10.6. The largest absolute Gasteiger partial charge is 0.501 e. The number of aromatic hydroxyl groups is 1. The van der Waals surface area contributed by atoms with Crippen molar-refractivity contribution in [1.29, 1.82) is 0 Å².